The Morgan fingerprint density at radius 3 is 2.29 bits per heavy atom. The third kappa shape index (κ3) is 7.63. The Labute approximate surface area is 208 Å². The average molecular weight is 472 g/mol. The van der Waals surface area contributed by atoms with Crippen LogP contribution in [0.2, 0.25) is 0 Å². The molecule has 1 amide bonds. The largest absolute Gasteiger partial charge is 0.493 e. The minimum Gasteiger partial charge on any atom is -0.493 e. The van der Waals surface area contributed by atoms with Gasteiger partial charge in [-0.05, 0) is 74.1 Å². The van der Waals surface area contributed by atoms with Crippen LogP contribution < -0.4 is 15.4 Å². The first kappa shape index (κ1) is 26.8. The van der Waals surface area contributed by atoms with Crippen LogP contribution in [0.4, 0.5) is 5.69 Å². The third-order valence-corrected chi connectivity index (χ3v) is 8.09. The van der Waals surface area contributed by atoms with Crippen LogP contribution in [-0.2, 0) is 4.79 Å². The molecule has 1 saturated heterocycles. The van der Waals surface area contributed by atoms with Gasteiger partial charge in [0, 0.05) is 31.4 Å². The molecule has 1 heterocycles. The zero-order valence-electron chi connectivity index (χ0n) is 22.2. The van der Waals surface area contributed by atoms with E-state index in [-0.39, 0.29) is 17.9 Å². The molecule has 0 bridgehead atoms. The number of carbonyl (C=O) groups is 1. The predicted molar refractivity (Wildman–Crippen MR) is 142 cm³/mol. The second kappa shape index (κ2) is 13.4. The van der Waals surface area contributed by atoms with Crippen LogP contribution in [0, 0.1) is 17.8 Å². The summed E-state index contributed by atoms with van der Waals surface area (Å²) in [5.41, 5.74) is 7.51. The number of piperidine rings is 1. The first-order valence-electron chi connectivity index (χ1n) is 13.9. The van der Waals surface area contributed by atoms with E-state index in [0.29, 0.717) is 12.0 Å². The van der Waals surface area contributed by atoms with Gasteiger partial charge in [0.05, 0.1) is 12.6 Å². The summed E-state index contributed by atoms with van der Waals surface area (Å²) in [6, 6.07) is 8.82. The van der Waals surface area contributed by atoms with Crippen molar-refractivity contribution in [2.75, 3.05) is 31.1 Å². The molecule has 2 fully saturated rings. The minimum atomic E-state index is -0.375. The van der Waals surface area contributed by atoms with Gasteiger partial charge >= 0.3 is 0 Å². The zero-order valence-corrected chi connectivity index (χ0v) is 22.2. The molecule has 1 aromatic carbocycles. The number of carbonyl (C=O) groups excluding carboxylic acids is 1. The fourth-order valence-corrected chi connectivity index (χ4v) is 5.33. The predicted octanol–water partition coefficient (Wildman–Crippen LogP) is 5.86. The summed E-state index contributed by atoms with van der Waals surface area (Å²) in [7, 11) is 0. The molecule has 0 spiro atoms. The van der Waals surface area contributed by atoms with Crippen LogP contribution in [0.3, 0.4) is 0 Å². The monoisotopic (exact) mass is 471 g/mol. The van der Waals surface area contributed by atoms with Gasteiger partial charge in [0.1, 0.15) is 5.75 Å². The summed E-state index contributed by atoms with van der Waals surface area (Å²) in [6.45, 7) is 12.2. The number of anilines is 1. The van der Waals surface area contributed by atoms with E-state index in [1.807, 2.05) is 4.90 Å². The van der Waals surface area contributed by atoms with Gasteiger partial charge in [-0.2, -0.15) is 0 Å². The Morgan fingerprint density at radius 1 is 1.06 bits per heavy atom. The highest BCUT2D eigenvalue weighted by Gasteiger charge is 2.31. The van der Waals surface area contributed by atoms with Crippen LogP contribution >= 0.6 is 0 Å². The summed E-state index contributed by atoms with van der Waals surface area (Å²) in [5, 5.41) is 0. The molecular weight excluding hydrogens is 422 g/mol. The van der Waals surface area contributed by atoms with Crippen LogP contribution in [-0.4, -0.2) is 49.1 Å². The Kier molecular flexibility index (Phi) is 10.6. The van der Waals surface area contributed by atoms with Gasteiger partial charge in [0.25, 0.3) is 0 Å². The molecule has 0 aromatic heterocycles. The van der Waals surface area contributed by atoms with Gasteiger partial charge in [0.15, 0.2) is 0 Å². The van der Waals surface area contributed by atoms with Gasteiger partial charge in [-0.15, -0.1) is 0 Å². The van der Waals surface area contributed by atoms with Crippen molar-refractivity contribution in [3.8, 4) is 5.75 Å². The smallest absolute Gasteiger partial charge is 0.239 e. The number of benzene rings is 1. The third-order valence-electron chi connectivity index (χ3n) is 8.09. The van der Waals surface area contributed by atoms with E-state index >= 15 is 0 Å². The molecule has 1 aliphatic carbocycles. The van der Waals surface area contributed by atoms with Crippen molar-refractivity contribution in [2.24, 2.45) is 23.5 Å². The highest BCUT2D eigenvalue weighted by atomic mass is 16.5. The Balaban J connectivity index is 1.59. The number of rotatable bonds is 11. The maximum atomic E-state index is 12.8. The summed E-state index contributed by atoms with van der Waals surface area (Å²) < 4.78 is 6.14. The van der Waals surface area contributed by atoms with E-state index in [2.05, 4.69) is 56.9 Å². The van der Waals surface area contributed by atoms with Crippen LogP contribution in [0.15, 0.2) is 24.3 Å². The highest BCUT2D eigenvalue weighted by molar-refractivity contribution is 5.82. The Hall–Kier alpha value is -1.75. The van der Waals surface area contributed by atoms with Gasteiger partial charge in [0.2, 0.25) is 5.91 Å². The number of ether oxygens (including phenoxy) is 1. The lowest BCUT2D eigenvalue weighted by Gasteiger charge is -2.41. The lowest BCUT2D eigenvalue weighted by molar-refractivity contribution is -0.134. The molecule has 1 aromatic rings. The van der Waals surface area contributed by atoms with E-state index in [1.165, 1.54) is 37.8 Å². The average Bonchev–Trinajstić information content (AvgIpc) is 2.87. The molecule has 5 nitrogen and oxygen atoms in total. The number of hydrogen-bond donors (Lipinski definition) is 1. The molecule has 5 heteroatoms. The van der Waals surface area contributed by atoms with Crippen molar-refractivity contribution in [3.05, 3.63) is 24.3 Å². The molecule has 1 unspecified atom stereocenters. The van der Waals surface area contributed by atoms with E-state index in [1.54, 1.807) is 0 Å². The SMILES string of the molecule is CCC(C)[C@H](N)C(=O)N1CCC(N(CCC(C)C)c2ccc(OCC3CCCCC3)cc2)CC1. The number of likely N-dealkylation sites (tertiary alicyclic amines) is 1. The van der Waals surface area contributed by atoms with E-state index in [9.17, 15) is 4.79 Å². The molecule has 2 aliphatic rings. The molecule has 2 atom stereocenters. The second-order valence-electron chi connectivity index (χ2n) is 11.2. The molecule has 3 rings (SSSR count). The summed E-state index contributed by atoms with van der Waals surface area (Å²) in [5.74, 6) is 2.72. The molecule has 2 N–H and O–H groups in total. The minimum absolute atomic E-state index is 0.126. The number of nitrogens with two attached hydrogens (primary N) is 1. The maximum Gasteiger partial charge on any atom is 0.239 e. The fourth-order valence-electron chi connectivity index (χ4n) is 5.33. The summed E-state index contributed by atoms with van der Waals surface area (Å²) in [6.07, 6.45) is 10.8. The van der Waals surface area contributed by atoms with Gasteiger partial charge in [-0.3, -0.25) is 4.79 Å². The van der Waals surface area contributed by atoms with Crippen molar-refractivity contribution in [1.29, 1.82) is 0 Å². The van der Waals surface area contributed by atoms with Gasteiger partial charge < -0.3 is 20.3 Å². The molecule has 1 aliphatic heterocycles. The molecule has 1 saturated carbocycles. The first-order valence-corrected chi connectivity index (χ1v) is 13.9. The lowest BCUT2D eigenvalue weighted by Crippen LogP contribution is -2.52. The van der Waals surface area contributed by atoms with Crippen LogP contribution in [0.5, 0.6) is 5.75 Å². The molecule has 0 radical (unpaired) electrons. The molecular formula is C29H49N3O2. The zero-order chi connectivity index (χ0) is 24.5. The van der Waals surface area contributed by atoms with Crippen molar-refractivity contribution in [3.63, 3.8) is 0 Å². The van der Waals surface area contributed by atoms with Crippen molar-refractivity contribution >= 4 is 11.6 Å². The fraction of sp³-hybridized carbons (Fsp3) is 0.759. The van der Waals surface area contributed by atoms with Crippen molar-refractivity contribution in [2.45, 2.75) is 97.6 Å². The summed E-state index contributed by atoms with van der Waals surface area (Å²) >= 11 is 0. The van der Waals surface area contributed by atoms with E-state index < -0.39 is 0 Å². The number of hydrogen-bond acceptors (Lipinski definition) is 4. The standard InChI is InChI=1S/C29H49N3O2/c1-5-23(4)28(30)29(33)31-18-16-26(17-19-31)32(20-15-22(2)3)25-11-13-27(14-12-25)34-21-24-9-7-6-8-10-24/h11-14,22-24,26,28H,5-10,15-21,30H2,1-4H3/t23?,28-/m0/s1. The van der Waals surface area contributed by atoms with Gasteiger partial charge in [-0.25, -0.2) is 0 Å². The van der Waals surface area contributed by atoms with E-state index in [4.69, 9.17) is 10.5 Å². The Morgan fingerprint density at radius 2 is 1.71 bits per heavy atom. The highest BCUT2D eigenvalue weighted by Crippen LogP contribution is 2.29. The quantitative estimate of drug-likeness (QED) is 0.439. The lowest BCUT2D eigenvalue weighted by atomic mass is 9.90. The summed E-state index contributed by atoms with van der Waals surface area (Å²) in [4.78, 5) is 17.4. The van der Waals surface area contributed by atoms with E-state index in [0.717, 1.165) is 63.6 Å². The van der Waals surface area contributed by atoms with Crippen molar-refractivity contribution < 1.29 is 9.53 Å². The van der Waals surface area contributed by atoms with Gasteiger partial charge in [-0.1, -0.05) is 53.4 Å². The maximum absolute atomic E-state index is 12.8. The van der Waals surface area contributed by atoms with Crippen LogP contribution in [0.25, 0.3) is 0 Å². The second-order valence-corrected chi connectivity index (χ2v) is 11.2. The number of nitrogens with zero attached hydrogens (tertiary/aromatic N) is 2. The van der Waals surface area contributed by atoms with Crippen molar-refractivity contribution in [1.82, 2.24) is 4.90 Å². The molecule has 34 heavy (non-hydrogen) atoms. The first-order chi connectivity index (χ1) is 16.4. The Bertz CT molecular complexity index is 721. The van der Waals surface area contributed by atoms with Crippen LogP contribution in [0.1, 0.15) is 85.5 Å². The normalized spacial score (nSPS) is 19.8. The number of amides is 1. The topological polar surface area (TPSA) is 58.8 Å². The molecule has 192 valence electrons.